The predicted octanol–water partition coefficient (Wildman–Crippen LogP) is 10.4. The maximum Gasteiger partial charge on any atom is 0.162 e. The third kappa shape index (κ3) is 5.78. The van der Waals surface area contributed by atoms with Crippen LogP contribution in [0.3, 0.4) is 0 Å². The lowest BCUT2D eigenvalue weighted by Gasteiger charge is -2.03. The summed E-state index contributed by atoms with van der Waals surface area (Å²) >= 11 is 3.54. The molecule has 4 heteroatoms. The Kier molecular flexibility index (Phi) is 8.91. The van der Waals surface area contributed by atoms with Crippen molar-refractivity contribution in [2.75, 3.05) is 0 Å². The number of unbranched alkanes of at least 4 members (excludes halogenated alkanes) is 8. The van der Waals surface area contributed by atoms with Crippen molar-refractivity contribution in [2.24, 2.45) is 0 Å². The van der Waals surface area contributed by atoms with E-state index >= 15 is 0 Å². The van der Waals surface area contributed by atoms with E-state index in [0.717, 1.165) is 36.8 Å². The molecule has 0 radical (unpaired) electrons. The predicted molar refractivity (Wildman–Crippen MR) is 150 cm³/mol. The van der Waals surface area contributed by atoms with Crippen LogP contribution in [0, 0.1) is 0 Å². The highest BCUT2D eigenvalue weighted by atomic mass is 32.2. The minimum Gasteiger partial charge on any atom is -0.294 e. The average Bonchev–Trinajstić information content (AvgIpc) is 3.38. The summed E-state index contributed by atoms with van der Waals surface area (Å²) in [5.74, 6) is 0.524. The summed E-state index contributed by atoms with van der Waals surface area (Å²) in [6.07, 6.45) is 13.0. The number of fused-ring (bicyclic) bond motifs is 5. The highest BCUT2D eigenvalue weighted by Crippen LogP contribution is 2.44. The molecule has 0 fully saturated rings. The van der Waals surface area contributed by atoms with E-state index in [2.05, 4.69) is 38.1 Å². The second kappa shape index (κ2) is 12.1. The minimum absolute atomic E-state index is 0.262. The molecule has 0 saturated carbocycles. The Morgan fingerprint density at radius 1 is 0.618 bits per heavy atom. The van der Waals surface area contributed by atoms with Gasteiger partial charge in [-0.15, -0.1) is 22.7 Å². The summed E-state index contributed by atoms with van der Waals surface area (Å²) in [4.78, 5) is 25.4. The second-order valence-corrected chi connectivity index (χ2v) is 11.8. The van der Waals surface area contributed by atoms with Gasteiger partial charge in [-0.1, -0.05) is 89.5 Å². The standard InChI is InChI=1S/C30H36O2S2/c1-3-5-7-9-11-13-25(31)21-15-17-23-27(19-21)33-30-29(23)24-18-16-22(20-28(24)34-30)26(32)14-12-10-8-6-4-2/h15-20H,3-14H2,1-2H3. The van der Waals surface area contributed by atoms with Crippen LogP contribution in [-0.4, -0.2) is 11.6 Å². The Morgan fingerprint density at radius 3 is 1.50 bits per heavy atom. The molecule has 0 bridgehead atoms. The summed E-state index contributed by atoms with van der Waals surface area (Å²) in [6.45, 7) is 4.43. The topological polar surface area (TPSA) is 34.1 Å². The molecule has 4 aromatic rings. The summed E-state index contributed by atoms with van der Waals surface area (Å²) in [6, 6.07) is 12.4. The number of thiophene rings is 2. The fraction of sp³-hybridized carbons (Fsp3) is 0.467. The number of Topliss-reactive ketones (excluding diaryl/α,β-unsaturated/α-hetero) is 2. The lowest BCUT2D eigenvalue weighted by Crippen LogP contribution is -1.98. The zero-order valence-corrected chi connectivity index (χ0v) is 22.2. The third-order valence-corrected chi connectivity index (χ3v) is 9.16. The number of ketones is 2. The smallest absolute Gasteiger partial charge is 0.162 e. The van der Waals surface area contributed by atoms with Crippen LogP contribution in [0.1, 0.15) is 112 Å². The molecule has 0 amide bonds. The molecule has 4 rings (SSSR count). The quantitative estimate of drug-likeness (QED) is 0.130. The first-order valence-corrected chi connectivity index (χ1v) is 14.7. The molecule has 0 saturated heterocycles. The van der Waals surface area contributed by atoms with Crippen LogP contribution in [-0.2, 0) is 0 Å². The van der Waals surface area contributed by atoms with Crippen molar-refractivity contribution in [3.05, 3.63) is 47.5 Å². The molecule has 0 atom stereocenters. The summed E-state index contributed by atoms with van der Waals surface area (Å²) < 4.78 is 3.65. The normalized spacial score (nSPS) is 11.7. The van der Waals surface area contributed by atoms with Crippen LogP contribution in [0.15, 0.2) is 36.4 Å². The number of benzene rings is 2. The molecule has 0 N–H and O–H groups in total. The first kappa shape index (κ1) is 25.1. The minimum atomic E-state index is 0.262. The van der Waals surface area contributed by atoms with E-state index in [-0.39, 0.29) is 11.6 Å². The van der Waals surface area contributed by atoms with Gasteiger partial charge in [0.2, 0.25) is 0 Å². The number of hydrogen-bond donors (Lipinski definition) is 0. The molecule has 0 aliphatic heterocycles. The fourth-order valence-electron chi connectivity index (χ4n) is 4.73. The van der Waals surface area contributed by atoms with Crippen LogP contribution in [0.25, 0.3) is 29.6 Å². The second-order valence-electron chi connectivity index (χ2n) is 9.46. The van der Waals surface area contributed by atoms with Crippen LogP contribution in [0.4, 0.5) is 0 Å². The van der Waals surface area contributed by atoms with Gasteiger partial charge in [-0.05, 0) is 25.0 Å². The molecule has 34 heavy (non-hydrogen) atoms. The Hall–Kier alpha value is -2.04. The number of carbonyl (C=O) groups excluding carboxylic acids is 2. The van der Waals surface area contributed by atoms with Gasteiger partial charge in [0, 0.05) is 49.5 Å². The first-order valence-electron chi connectivity index (χ1n) is 13.1. The van der Waals surface area contributed by atoms with Gasteiger partial charge in [0.1, 0.15) is 0 Å². The molecule has 2 nitrogen and oxygen atoms in total. The zero-order valence-electron chi connectivity index (χ0n) is 20.6. The Balaban J connectivity index is 1.48. The lowest BCUT2D eigenvalue weighted by atomic mass is 10.0. The maximum absolute atomic E-state index is 12.7. The molecule has 2 heterocycles. The van der Waals surface area contributed by atoms with Gasteiger partial charge in [0.05, 0.1) is 4.01 Å². The Labute approximate surface area is 211 Å². The van der Waals surface area contributed by atoms with E-state index in [1.54, 1.807) is 22.7 Å². The van der Waals surface area contributed by atoms with Gasteiger partial charge in [-0.25, -0.2) is 0 Å². The first-order chi connectivity index (χ1) is 16.6. The number of hydrogen-bond acceptors (Lipinski definition) is 4. The van der Waals surface area contributed by atoms with Gasteiger partial charge in [-0.2, -0.15) is 0 Å². The zero-order chi connectivity index (χ0) is 23.9. The van der Waals surface area contributed by atoms with Crippen LogP contribution in [0.2, 0.25) is 0 Å². The molecule has 0 aliphatic carbocycles. The molecule has 180 valence electrons. The largest absolute Gasteiger partial charge is 0.294 e. The van der Waals surface area contributed by atoms with E-state index < -0.39 is 0 Å². The van der Waals surface area contributed by atoms with Crippen LogP contribution >= 0.6 is 22.7 Å². The van der Waals surface area contributed by atoms with Crippen LogP contribution in [0.5, 0.6) is 0 Å². The highest BCUT2D eigenvalue weighted by Gasteiger charge is 2.16. The van der Waals surface area contributed by atoms with Gasteiger partial charge < -0.3 is 0 Å². The van der Waals surface area contributed by atoms with Gasteiger partial charge in [0.15, 0.2) is 11.6 Å². The highest BCUT2D eigenvalue weighted by molar-refractivity contribution is 7.44. The van der Waals surface area contributed by atoms with E-state index in [1.807, 2.05) is 12.1 Å². The molecule has 0 aliphatic rings. The summed E-state index contributed by atoms with van der Waals surface area (Å²) in [7, 11) is 0. The third-order valence-electron chi connectivity index (χ3n) is 6.77. The molecule has 2 aromatic carbocycles. The van der Waals surface area contributed by atoms with Crippen molar-refractivity contribution in [3.8, 4) is 0 Å². The lowest BCUT2D eigenvalue weighted by molar-refractivity contribution is 0.0971. The van der Waals surface area contributed by atoms with Crippen molar-refractivity contribution >= 4 is 63.8 Å². The molecular formula is C30H36O2S2. The van der Waals surface area contributed by atoms with E-state index in [4.69, 9.17) is 0 Å². The molecule has 0 spiro atoms. The van der Waals surface area contributed by atoms with Crippen molar-refractivity contribution in [2.45, 2.75) is 90.9 Å². The van der Waals surface area contributed by atoms with Crippen molar-refractivity contribution in [1.82, 2.24) is 0 Å². The Morgan fingerprint density at radius 2 is 1.06 bits per heavy atom. The van der Waals surface area contributed by atoms with E-state index in [0.29, 0.717) is 12.8 Å². The molecule has 0 unspecified atom stereocenters. The molecule has 2 aromatic heterocycles. The van der Waals surface area contributed by atoms with Gasteiger partial charge in [-0.3, -0.25) is 9.59 Å². The van der Waals surface area contributed by atoms with Gasteiger partial charge in [0.25, 0.3) is 0 Å². The summed E-state index contributed by atoms with van der Waals surface area (Å²) in [5.41, 5.74) is 1.68. The van der Waals surface area contributed by atoms with Crippen LogP contribution < -0.4 is 0 Å². The monoisotopic (exact) mass is 492 g/mol. The summed E-state index contributed by atoms with van der Waals surface area (Å²) in [5, 5.41) is 3.72. The van der Waals surface area contributed by atoms with E-state index in [9.17, 15) is 9.59 Å². The number of carbonyl (C=O) groups is 2. The Bertz CT molecular complexity index is 1180. The average molecular weight is 493 g/mol. The fourth-order valence-corrected chi connectivity index (χ4v) is 7.41. The van der Waals surface area contributed by atoms with Crippen molar-refractivity contribution in [3.63, 3.8) is 0 Å². The van der Waals surface area contributed by atoms with E-state index in [1.165, 1.54) is 68.1 Å². The molecular weight excluding hydrogens is 456 g/mol. The van der Waals surface area contributed by atoms with Crippen molar-refractivity contribution in [1.29, 1.82) is 0 Å². The van der Waals surface area contributed by atoms with Gasteiger partial charge >= 0.3 is 0 Å². The van der Waals surface area contributed by atoms with Crippen molar-refractivity contribution < 1.29 is 9.59 Å². The maximum atomic E-state index is 12.7. The number of rotatable bonds is 14. The SMILES string of the molecule is CCCCCCCC(=O)c1ccc2c(c1)sc1sc3cc(C(=O)CCCCCCC)ccc3c12.